The molecule has 0 unspecified atom stereocenters. The van der Waals surface area contributed by atoms with Gasteiger partial charge in [-0.3, -0.25) is 9.59 Å². The molecule has 0 atom stereocenters. The highest BCUT2D eigenvalue weighted by atomic mass is 35.5. The predicted octanol–water partition coefficient (Wildman–Crippen LogP) is 5.00. The summed E-state index contributed by atoms with van der Waals surface area (Å²) in [5.41, 5.74) is -0.424. The van der Waals surface area contributed by atoms with Crippen molar-refractivity contribution in [3.63, 3.8) is 0 Å². The number of H-pyrrole nitrogens is 1. The van der Waals surface area contributed by atoms with Crippen molar-refractivity contribution in [3.05, 3.63) is 86.3 Å². The van der Waals surface area contributed by atoms with Crippen LogP contribution in [-0.2, 0) is 0 Å². The van der Waals surface area contributed by atoms with Crippen molar-refractivity contribution < 1.29 is 18.3 Å². The third-order valence-corrected chi connectivity index (χ3v) is 4.00. The number of ether oxygens (including phenoxy) is 1. The van der Waals surface area contributed by atoms with Gasteiger partial charge in [-0.1, -0.05) is 23.2 Å². The van der Waals surface area contributed by atoms with Crippen molar-refractivity contribution >= 4 is 34.8 Å². The molecule has 0 saturated carbocycles. The van der Waals surface area contributed by atoms with E-state index in [4.69, 9.17) is 27.9 Å². The lowest BCUT2D eigenvalue weighted by molar-refractivity contribution is 0.102. The number of halogens is 4. The second kappa shape index (κ2) is 7.77. The van der Waals surface area contributed by atoms with E-state index in [0.717, 1.165) is 30.3 Å². The van der Waals surface area contributed by atoms with E-state index >= 15 is 0 Å². The summed E-state index contributed by atoms with van der Waals surface area (Å²) >= 11 is 11.7. The van der Waals surface area contributed by atoms with Crippen LogP contribution in [0.2, 0.25) is 10.0 Å². The monoisotopic (exact) mass is 410 g/mol. The molecular weight excluding hydrogens is 401 g/mol. The summed E-state index contributed by atoms with van der Waals surface area (Å²) in [7, 11) is 0. The van der Waals surface area contributed by atoms with E-state index < -0.39 is 23.1 Å². The third-order valence-electron chi connectivity index (χ3n) is 3.41. The Morgan fingerprint density at radius 1 is 1.00 bits per heavy atom. The Hall–Kier alpha value is -2.90. The molecular formula is C18H10Cl2F2N2O3. The number of hydrogen-bond acceptors (Lipinski definition) is 3. The van der Waals surface area contributed by atoms with Crippen LogP contribution in [0.4, 0.5) is 14.5 Å². The molecule has 0 aliphatic rings. The summed E-state index contributed by atoms with van der Waals surface area (Å²) < 4.78 is 32.6. The summed E-state index contributed by atoms with van der Waals surface area (Å²) in [6.07, 6.45) is 1.34. The minimum Gasteiger partial charge on any atom is -0.455 e. The van der Waals surface area contributed by atoms with E-state index in [9.17, 15) is 18.4 Å². The first-order valence-electron chi connectivity index (χ1n) is 7.45. The van der Waals surface area contributed by atoms with Gasteiger partial charge in [0, 0.05) is 24.0 Å². The highest BCUT2D eigenvalue weighted by Crippen LogP contribution is 2.34. The number of rotatable bonds is 4. The second-order valence-electron chi connectivity index (χ2n) is 5.34. The number of anilines is 1. The summed E-state index contributed by atoms with van der Waals surface area (Å²) in [5, 5.41) is 2.13. The van der Waals surface area contributed by atoms with Crippen LogP contribution in [-0.4, -0.2) is 10.9 Å². The molecule has 0 saturated heterocycles. The molecule has 2 aromatic carbocycles. The lowest BCUT2D eigenvalue weighted by atomic mass is 10.1. The van der Waals surface area contributed by atoms with Crippen molar-refractivity contribution in [1.29, 1.82) is 0 Å². The number of hydrogen-bond donors (Lipinski definition) is 2. The molecule has 1 heterocycles. The van der Waals surface area contributed by atoms with Gasteiger partial charge in [0.2, 0.25) is 5.56 Å². The minimum absolute atomic E-state index is 0.0450. The third kappa shape index (κ3) is 4.45. The Balaban J connectivity index is 1.97. The quantitative estimate of drug-likeness (QED) is 0.635. The summed E-state index contributed by atoms with van der Waals surface area (Å²) in [5.74, 6) is -2.21. The maximum absolute atomic E-state index is 13.9. The lowest BCUT2D eigenvalue weighted by Gasteiger charge is -2.13. The molecule has 0 spiro atoms. The highest BCUT2D eigenvalue weighted by molar-refractivity contribution is 6.32. The number of nitrogens with one attached hydrogen (secondary N) is 2. The van der Waals surface area contributed by atoms with E-state index in [2.05, 4.69) is 10.3 Å². The normalized spacial score (nSPS) is 10.5. The topological polar surface area (TPSA) is 71.2 Å². The van der Waals surface area contributed by atoms with Gasteiger partial charge in [0.1, 0.15) is 23.1 Å². The Labute approximate surface area is 161 Å². The molecule has 0 radical (unpaired) electrons. The molecule has 3 rings (SSSR count). The Kier molecular flexibility index (Phi) is 5.43. The van der Waals surface area contributed by atoms with Gasteiger partial charge in [-0.25, -0.2) is 8.78 Å². The van der Waals surface area contributed by atoms with Gasteiger partial charge in [0.25, 0.3) is 5.91 Å². The minimum atomic E-state index is -0.842. The molecule has 27 heavy (non-hydrogen) atoms. The van der Waals surface area contributed by atoms with Crippen LogP contribution in [0.15, 0.2) is 53.5 Å². The van der Waals surface area contributed by atoms with Gasteiger partial charge in [-0.15, -0.1) is 0 Å². The zero-order valence-corrected chi connectivity index (χ0v) is 14.9. The molecule has 3 aromatic rings. The van der Waals surface area contributed by atoms with Crippen LogP contribution in [0.5, 0.6) is 11.5 Å². The number of aromatic nitrogens is 1. The molecule has 2 N–H and O–H groups in total. The lowest BCUT2D eigenvalue weighted by Crippen LogP contribution is -2.15. The van der Waals surface area contributed by atoms with Crippen LogP contribution in [0.25, 0.3) is 0 Å². The summed E-state index contributed by atoms with van der Waals surface area (Å²) in [4.78, 5) is 26.3. The zero-order chi connectivity index (χ0) is 19.6. The molecule has 0 fully saturated rings. The summed E-state index contributed by atoms with van der Waals surface area (Å²) in [6.45, 7) is 0. The van der Waals surface area contributed by atoms with Crippen molar-refractivity contribution in [3.8, 4) is 11.5 Å². The first-order valence-corrected chi connectivity index (χ1v) is 8.21. The average Bonchev–Trinajstić information content (AvgIpc) is 2.60. The fraction of sp³-hybridized carbons (Fsp3) is 0. The zero-order valence-electron chi connectivity index (χ0n) is 13.4. The highest BCUT2D eigenvalue weighted by Gasteiger charge is 2.19. The first-order chi connectivity index (χ1) is 12.8. The maximum Gasteiger partial charge on any atom is 0.259 e. The number of pyridine rings is 1. The molecule has 1 amide bonds. The number of benzene rings is 2. The number of amides is 1. The molecule has 0 aliphatic carbocycles. The smallest absolute Gasteiger partial charge is 0.259 e. The number of carbonyl (C=O) groups excluding carboxylic acids is 1. The fourth-order valence-electron chi connectivity index (χ4n) is 2.19. The van der Waals surface area contributed by atoms with E-state index in [1.807, 2.05) is 0 Å². The molecule has 0 bridgehead atoms. The largest absolute Gasteiger partial charge is 0.455 e. The standard InChI is InChI=1S/C18H10Cl2F2N2O3/c19-12-8-16(27-15-2-1-9(21)5-13(15)20)11(7-14(12)22)18(26)24-10-3-4-23-17(25)6-10/h1-8H,(H2,23,24,25,26). The van der Waals surface area contributed by atoms with Crippen LogP contribution in [0.1, 0.15) is 10.4 Å². The van der Waals surface area contributed by atoms with E-state index in [1.165, 1.54) is 18.3 Å². The summed E-state index contributed by atoms with van der Waals surface area (Å²) in [6, 6.07) is 7.99. The Morgan fingerprint density at radius 3 is 2.48 bits per heavy atom. The van der Waals surface area contributed by atoms with Crippen molar-refractivity contribution in [1.82, 2.24) is 4.98 Å². The van der Waals surface area contributed by atoms with Gasteiger partial charge in [-0.05, 0) is 30.3 Å². The number of carbonyl (C=O) groups is 1. The first kappa shape index (κ1) is 18.9. The van der Waals surface area contributed by atoms with Gasteiger partial charge in [0.05, 0.1) is 15.6 Å². The van der Waals surface area contributed by atoms with Gasteiger partial charge >= 0.3 is 0 Å². The second-order valence-corrected chi connectivity index (χ2v) is 6.15. The van der Waals surface area contributed by atoms with Gasteiger partial charge < -0.3 is 15.0 Å². The average molecular weight is 411 g/mol. The van der Waals surface area contributed by atoms with Crippen LogP contribution >= 0.6 is 23.2 Å². The SMILES string of the molecule is O=C(Nc1cc[nH]c(=O)c1)c1cc(F)c(Cl)cc1Oc1ccc(F)cc1Cl. The molecule has 0 aliphatic heterocycles. The van der Waals surface area contributed by atoms with E-state index in [0.29, 0.717) is 0 Å². The predicted molar refractivity (Wildman–Crippen MR) is 97.9 cm³/mol. The fourth-order valence-corrected chi connectivity index (χ4v) is 2.55. The van der Waals surface area contributed by atoms with Crippen LogP contribution in [0, 0.1) is 11.6 Å². The molecule has 5 nitrogen and oxygen atoms in total. The maximum atomic E-state index is 13.9. The number of aromatic amines is 1. The van der Waals surface area contributed by atoms with Crippen LogP contribution < -0.4 is 15.6 Å². The molecule has 138 valence electrons. The van der Waals surface area contributed by atoms with Crippen molar-refractivity contribution in [2.75, 3.05) is 5.32 Å². The van der Waals surface area contributed by atoms with Crippen LogP contribution in [0.3, 0.4) is 0 Å². The van der Waals surface area contributed by atoms with Crippen molar-refractivity contribution in [2.45, 2.75) is 0 Å². The Morgan fingerprint density at radius 2 is 1.78 bits per heavy atom. The van der Waals surface area contributed by atoms with Gasteiger partial charge in [-0.2, -0.15) is 0 Å². The van der Waals surface area contributed by atoms with Gasteiger partial charge in [0.15, 0.2) is 0 Å². The Bertz CT molecular complexity index is 1090. The molecule has 9 heteroatoms. The van der Waals surface area contributed by atoms with E-state index in [-0.39, 0.29) is 32.8 Å². The van der Waals surface area contributed by atoms with Crippen molar-refractivity contribution in [2.24, 2.45) is 0 Å². The van der Waals surface area contributed by atoms with E-state index in [1.54, 1.807) is 0 Å². The molecule has 1 aromatic heterocycles.